The number of halogens is 1. The lowest BCUT2D eigenvalue weighted by molar-refractivity contribution is 0.796. The van der Waals surface area contributed by atoms with Gasteiger partial charge < -0.3 is 10.6 Å². The van der Waals surface area contributed by atoms with Gasteiger partial charge in [-0.15, -0.1) is 22.7 Å². The fourth-order valence-electron chi connectivity index (χ4n) is 1.75. The van der Waals surface area contributed by atoms with Crippen LogP contribution in [-0.4, -0.2) is 24.5 Å². The maximum absolute atomic E-state index is 4.42. The third-order valence-corrected chi connectivity index (χ3v) is 5.76. The van der Waals surface area contributed by atoms with Crippen LogP contribution in [0, 0.1) is 0 Å². The first-order chi connectivity index (χ1) is 10.2. The molecule has 0 aliphatic rings. The number of nitrogens with zero attached hydrogens (tertiary/aromatic N) is 2. The molecule has 7 heteroatoms. The van der Waals surface area contributed by atoms with E-state index in [2.05, 4.69) is 54.9 Å². The van der Waals surface area contributed by atoms with Gasteiger partial charge in [-0.25, -0.2) is 4.98 Å². The van der Waals surface area contributed by atoms with Gasteiger partial charge in [-0.1, -0.05) is 6.92 Å². The molecule has 21 heavy (non-hydrogen) atoms. The molecule has 0 saturated heterocycles. The first kappa shape index (κ1) is 16.5. The van der Waals surface area contributed by atoms with Crippen molar-refractivity contribution in [2.24, 2.45) is 4.99 Å². The highest BCUT2D eigenvalue weighted by atomic mass is 79.9. The summed E-state index contributed by atoms with van der Waals surface area (Å²) in [5.41, 5.74) is 0. The number of hydrogen-bond acceptors (Lipinski definition) is 4. The normalized spacial score (nSPS) is 11.7. The van der Waals surface area contributed by atoms with Gasteiger partial charge in [0.15, 0.2) is 5.96 Å². The second kappa shape index (κ2) is 8.51. The molecular formula is C14H19BrN4S2. The lowest BCUT2D eigenvalue weighted by atomic mass is 10.4. The van der Waals surface area contributed by atoms with E-state index < -0.39 is 0 Å². The van der Waals surface area contributed by atoms with Gasteiger partial charge in [0.2, 0.25) is 0 Å². The van der Waals surface area contributed by atoms with Crippen molar-refractivity contribution in [3.8, 4) is 0 Å². The number of thiophene rings is 1. The molecule has 4 nitrogen and oxygen atoms in total. The van der Waals surface area contributed by atoms with Crippen LogP contribution in [0.3, 0.4) is 0 Å². The zero-order valence-electron chi connectivity index (χ0n) is 12.1. The summed E-state index contributed by atoms with van der Waals surface area (Å²) in [6.45, 7) is 3.78. The predicted molar refractivity (Wildman–Crippen MR) is 95.4 cm³/mol. The lowest BCUT2D eigenvalue weighted by Gasteiger charge is -2.10. The van der Waals surface area contributed by atoms with Gasteiger partial charge in [0.05, 0.1) is 11.6 Å². The molecule has 2 aromatic rings. The van der Waals surface area contributed by atoms with Crippen LogP contribution in [-0.2, 0) is 19.4 Å². The second-order valence-electron chi connectivity index (χ2n) is 4.41. The summed E-state index contributed by atoms with van der Waals surface area (Å²) in [6, 6.07) is 2.12. The van der Waals surface area contributed by atoms with E-state index in [9.17, 15) is 0 Å². The number of nitrogens with one attached hydrogen (secondary N) is 2. The van der Waals surface area contributed by atoms with Gasteiger partial charge in [0, 0.05) is 45.8 Å². The summed E-state index contributed by atoms with van der Waals surface area (Å²) in [5, 5.41) is 9.90. The van der Waals surface area contributed by atoms with Crippen LogP contribution in [0.15, 0.2) is 27.1 Å². The molecular weight excluding hydrogens is 368 g/mol. The van der Waals surface area contributed by atoms with Crippen molar-refractivity contribution >= 4 is 44.6 Å². The highest BCUT2D eigenvalue weighted by Crippen LogP contribution is 2.19. The van der Waals surface area contributed by atoms with E-state index in [4.69, 9.17) is 0 Å². The fourth-order valence-corrected chi connectivity index (χ4v) is 4.01. The van der Waals surface area contributed by atoms with Crippen LogP contribution >= 0.6 is 38.6 Å². The van der Waals surface area contributed by atoms with E-state index in [-0.39, 0.29) is 0 Å². The standard InChI is InChI=1S/C14H19BrN4S2/c1-3-11-7-18-13(21-11)4-5-17-14(16-2)19-8-12-6-10(15)9-20-12/h6-7,9H,3-5,8H2,1-2H3,(H2,16,17,19). The van der Waals surface area contributed by atoms with E-state index >= 15 is 0 Å². The third-order valence-electron chi connectivity index (χ3n) is 2.86. The number of aromatic nitrogens is 1. The minimum absolute atomic E-state index is 0.785. The van der Waals surface area contributed by atoms with Crippen LogP contribution < -0.4 is 10.6 Å². The van der Waals surface area contributed by atoms with E-state index in [0.29, 0.717) is 0 Å². The Balaban J connectivity index is 1.72. The summed E-state index contributed by atoms with van der Waals surface area (Å²) in [7, 11) is 1.79. The van der Waals surface area contributed by atoms with E-state index in [0.717, 1.165) is 36.4 Å². The Hall–Kier alpha value is -0.920. The van der Waals surface area contributed by atoms with Crippen molar-refractivity contribution in [3.63, 3.8) is 0 Å². The number of aryl methyl sites for hydroxylation is 1. The van der Waals surface area contributed by atoms with Crippen LogP contribution in [0.1, 0.15) is 21.7 Å². The minimum Gasteiger partial charge on any atom is -0.356 e. The number of hydrogen-bond donors (Lipinski definition) is 2. The van der Waals surface area contributed by atoms with Crippen LogP contribution in [0.25, 0.3) is 0 Å². The van der Waals surface area contributed by atoms with E-state index in [1.165, 1.54) is 14.8 Å². The van der Waals surface area contributed by atoms with E-state index in [1.807, 2.05) is 6.20 Å². The maximum Gasteiger partial charge on any atom is 0.191 e. The Morgan fingerprint density at radius 3 is 2.86 bits per heavy atom. The molecule has 0 aliphatic carbocycles. The molecule has 0 fully saturated rings. The first-order valence-electron chi connectivity index (χ1n) is 6.82. The molecule has 0 saturated carbocycles. The molecule has 0 amide bonds. The summed E-state index contributed by atoms with van der Waals surface area (Å²) >= 11 is 6.98. The molecule has 114 valence electrons. The van der Waals surface area contributed by atoms with Gasteiger partial charge in [-0.2, -0.15) is 0 Å². The van der Waals surface area contributed by atoms with Gasteiger partial charge in [0.1, 0.15) is 0 Å². The Bertz CT molecular complexity index is 591. The average molecular weight is 387 g/mol. The zero-order chi connectivity index (χ0) is 15.1. The van der Waals surface area contributed by atoms with Crippen molar-refractivity contribution in [3.05, 3.63) is 36.9 Å². The number of rotatable bonds is 6. The Morgan fingerprint density at radius 1 is 1.38 bits per heavy atom. The molecule has 0 atom stereocenters. The van der Waals surface area contributed by atoms with Gasteiger partial charge in [-0.05, 0) is 28.4 Å². The third kappa shape index (κ3) is 5.41. The molecule has 2 rings (SSSR count). The summed E-state index contributed by atoms with van der Waals surface area (Å²) in [4.78, 5) is 11.3. The van der Waals surface area contributed by atoms with E-state index in [1.54, 1.807) is 29.7 Å². The second-order valence-corrected chi connectivity index (χ2v) is 7.52. The molecule has 2 aromatic heterocycles. The first-order valence-corrected chi connectivity index (χ1v) is 9.31. The monoisotopic (exact) mass is 386 g/mol. The quantitative estimate of drug-likeness (QED) is 0.590. The highest BCUT2D eigenvalue weighted by Gasteiger charge is 2.03. The van der Waals surface area contributed by atoms with Crippen molar-refractivity contribution in [2.75, 3.05) is 13.6 Å². The smallest absolute Gasteiger partial charge is 0.191 e. The summed E-state index contributed by atoms with van der Waals surface area (Å²) in [5.74, 6) is 0.826. The Kier molecular flexibility index (Phi) is 6.66. The molecule has 0 aliphatic heterocycles. The largest absolute Gasteiger partial charge is 0.356 e. The SMILES string of the molecule is CCc1cnc(CCNC(=NC)NCc2cc(Br)cs2)s1. The topological polar surface area (TPSA) is 49.3 Å². The van der Waals surface area contributed by atoms with Crippen molar-refractivity contribution in [2.45, 2.75) is 26.3 Å². The highest BCUT2D eigenvalue weighted by molar-refractivity contribution is 9.10. The number of thiazole rings is 1. The summed E-state index contributed by atoms with van der Waals surface area (Å²) < 4.78 is 1.13. The molecule has 0 radical (unpaired) electrons. The van der Waals surface area contributed by atoms with Crippen molar-refractivity contribution < 1.29 is 0 Å². The van der Waals surface area contributed by atoms with Gasteiger partial charge in [-0.3, -0.25) is 4.99 Å². The molecule has 0 aromatic carbocycles. The van der Waals surface area contributed by atoms with Crippen molar-refractivity contribution in [1.82, 2.24) is 15.6 Å². The minimum atomic E-state index is 0.785. The maximum atomic E-state index is 4.42. The molecule has 2 N–H and O–H groups in total. The molecule has 0 spiro atoms. The fraction of sp³-hybridized carbons (Fsp3) is 0.429. The predicted octanol–water partition coefficient (Wildman–Crippen LogP) is 3.44. The van der Waals surface area contributed by atoms with Gasteiger partial charge >= 0.3 is 0 Å². The molecule has 0 unspecified atom stereocenters. The van der Waals surface area contributed by atoms with Gasteiger partial charge in [0.25, 0.3) is 0 Å². The molecule has 0 bridgehead atoms. The summed E-state index contributed by atoms with van der Waals surface area (Å²) in [6.07, 6.45) is 3.96. The number of guanidine groups is 1. The number of aliphatic imine (C=N–C) groups is 1. The van der Waals surface area contributed by atoms with Crippen LogP contribution in [0.2, 0.25) is 0 Å². The lowest BCUT2D eigenvalue weighted by Crippen LogP contribution is -2.37. The average Bonchev–Trinajstić information content (AvgIpc) is 3.11. The Labute approximate surface area is 141 Å². The zero-order valence-corrected chi connectivity index (χ0v) is 15.4. The Morgan fingerprint density at radius 2 is 2.24 bits per heavy atom. The van der Waals surface area contributed by atoms with Crippen molar-refractivity contribution in [1.29, 1.82) is 0 Å². The molecule has 2 heterocycles. The van der Waals surface area contributed by atoms with Crippen LogP contribution in [0.5, 0.6) is 0 Å². The van der Waals surface area contributed by atoms with Crippen LogP contribution in [0.4, 0.5) is 0 Å².